The van der Waals surface area contributed by atoms with E-state index in [0.717, 1.165) is 30.1 Å². The Hall–Kier alpha value is -1.43. The minimum atomic E-state index is -0.0863. The van der Waals surface area contributed by atoms with Gasteiger partial charge in [-0.25, -0.2) is 4.52 Å². The summed E-state index contributed by atoms with van der Waals surface area (Å²) in [4.78, 5) is 16.0. The van der Waals surface area contributed by atoms with Crippen molar-refractivity contribution in [2.24, 2.45) is 0 Å². The largest absolute Gasteiger partial charge is 0.352 e. The molecule has 0 unspecified atom stereocenters. The van der Waals surface area contributed by atoms with Crippen LogP contribution in [0.1, 0.15) is 29.6 Å². The lowest BCUT2D eigenvalue weighted by atomic mass is 10.2. The van der Waals surface area contributed by atoms with Crippen molar-refractivity contribution in [1.29, 1.82) is 0 Å². The van der Waals surface area contributed by atoms with Crippen molar-refractivity contribution in [3.8, 4) is 0 Å². The van der Waals surface area contributed by atoms with Gasteiger partial charge < -0.3 is 5.32 Å². The van der Waals surface area contributed by atoms with Crippen molar-refractivity contribution in [2.75, 3.05) is 11.9 Å². The van der Waals surface area contributed by atoms with Gasteiger partial charge in [0.15, 0.2) is 0 Å². The van der Waals surface area contributed by atoms with E-state index in [1.54, 1.807) is 29.3 Å². The zero-order valence-corrected chi connectivity index (χ0v) is 11.6. The molecule has 0 aromatic carbocycles. The smallest absolute Gasteiger partial charge is 0.255 e. The summed E-state index contributed by atoms with van der Waals surface area (Å²) in [5.74, 6) is -0.0863. The van der Waals surface area contributed by atoms with Gasteiger partial charge in [0.05, 0.1) is 23.5 Å². The molecule has 0 aliphatic rings. The van der Waals surface area contributed by atoms with E-state index in [1.165, 1.54) is 0 Å². The fraction of sp³-hybridized carbons (Fsp3) is 0.417. The van der Waals surface area contributed by atoms with E-state index in [-0.39, 0.29) is 5.91 Å². The molecule has 6 heteroatoms. The number of carbonyl (C=O) groups is 1. The molecular weight excluding hydrogens is 296 g/mol. The number of nitrogens with one attached hydrogen (secondary N) is 1. The second-order valence-corrected chi connectivity index (χ2v) is 4.76. The number of hydrogen-bond acceptors (Lipinski definition) is 3. The molecule has 0 saturated heterocycles. The third-order valence-corrected chi connectivity index (χ3v) is 3.23. The summed E-state index contributed by atoms with van der Waals surface area (Å²) < 4.78 is 1.65. The molecule has 2 aromatic heterocycles. The van der Waals surface area contributed by atoms with E-state index in [9.17, 15) is 4.79 Å². The van der Waals surface area contributed by atoms with Gasteiger partial charge in [0.25, 0.3) is 5.91 Å². The highest BCUT2D eigenvalue weighted by Crippen LogP contribution is 2.08. The second kappa shape index (κ2) is 6.49. The molecule has 0 aliphatic heterocycles. The van der Waals surface area contributed by atoms with Gasteiger partial charge in [-0.15, -0.1) is 0 Å². The highest BCUT2D eigenvalue weighted by molar-refractivity contribution is 9.09. The van der Waals surface area contributed by atoms with Crippen molar-refractivity contribution in [3.05, 3.63) is 30.4 Å². The monoisotopic (exact) mass is 310 g/mol. The Bertz CT molecular complexity index is 526. The molecule has 0 atom stereocenters. The van der Waals surface area contributed by atoms with Gasteiger partial charge in [-0.1, -0.05) is 22.4 Å². The Morgan fingerprint density at radius 3 is 3.06 bits per heavy atom. The van der Waals surface area contributed by atoms with E-state index in [1.807, 2.05) is 0 Å². The van der Waals surface area contributed by atoms with Crippen LogP contribution >= 0.6 is 15.9 Å². The molecule has 1 amide bonds. The van der Waals surface area contributed by atoms with Gasteiger partial charge in [-0.05, 0) is 12.8 Å². The second-order valence-electron chi connectivity index (χ2n) is 3.97. The average Bonchev–Trinajstić information content (AvgIpc) is 2.82. The van der Waals surface area contributed by atoms with Crippen LogP contribution in [0.2, 0.25) is 0 Å². The Morgan fingerprint density at radius 1 is 1.33 bits per heavy atom. The van der Waals surface area contributed by atoms with Gasteiger partial charge in [-0.2, -0.15) is 5.10 Å². The van der Waals surface area contributed by atoms with Gasteiger partial charge in [0.2, 0.25) is 0 Å². The number of carbonyl (C=O) groups excluding carboxylic acids is 1. The molecule has 0 saturated carbocycles. The standard InChI is InChI=1S/C12H15BrN4O/c13-4-2-1-3-5-15-12(18)10-8-16-17-7-6-14-9-11(10)17/h6-9H,1-5H2,(H,15,18). The number of unbranched alkanes of at least 4 members (excludes halogenated alkanes) is 2. The first kappa shape index (κ1) is 13.0. The van der Waals surface area contributed by atoms with Crippen LogP contribution in [-0.2, 0) is 0 Å². The Balaban J connectivity index is 1.93. The lowest BCUT2D eigenvalue weighted by Crippen LogP contribution is -2.24. The fourth-order valence-corrected chi connectivity index (χ4v) is 2.10. The molecule has 2 rings (SSSR count). The zero-order valence-electron chi connectivity index (χ0n) is 9.97. The van der Waals surface area contributed by atoms with E-state index in [4.69, 9.17) is 0 Å². The summed E-state index contributed by atoms with van der Waals surface area (Å²) in [6.45, 7) is 0.698. The molecule has 2 aromatic rings. The summed E-state index contributed by atoms with van der Waals surface area (Å²) in [5, 5.41) is 8.02. The number of amides is 1. The molecule has 0 radical (unpaired) electrons. The van der Waals surface area contributed by atoms with Crippen LogP contribution in [-0.4, -0.2) is 32.4 Å². The Labute approximate surface area is 114 Å². The van der Waals surface area contributed by atoms with Crippen LogP contribution in [0.25, 0.3) is 5.52 Å². The average molecular weight is 311 g/mol. The van der Waals surface area contributed by atoms with Gasteiger partial charge >= 0.3 is 0 Å². The first-order valence-electron chi connectivity index (χ1n) is 5.94. The predicted octanol–water partition coefficient (Wildman–Crippen LogP) is 2.02. The molecule has 2 heterocycles. The quantitative estimate of drug-likeness (QED) is 0.656. The SMILES string of the molecule is O=C(NCCCCCBr)c1cnn2ccncc12. The number of nitrogens with zero attached hydrogens (tertiary/aromatic N) is 3. The summed E-state index contributed by atoms with van der Waals surface area (Å²) in [5.41, 5.74) is 1.30. The first-order chi connectivity index (χ1) is 8.83. The molecule has 0 aliphatic carbocycles. The van der Waals surface area contributed by atoms with E-state index < -0.39 is 0 Å². The molecule has 0 bridgehead atoms. The van der Waals surface area contributed by atoms with Crippen LogP contribution in [0.15, 0.2) is 24.8 Å². The predicted molar refractivity (Wildman–Crippen MR) is 73.0 cm³/mol. The van der Waals surface area contributed by atoms with Crippen molar-refractivity contribution in [1.82, 2.24) is 19.9 Å². The van der Waals surface area contributed by atoms with Crippen molar-refractivity contribution >= 4 is 27.4 Å². The molecule has 1 N–H and O–H groups in total. The van der Waals surface area contributed by atoms with Crippen molar-refractivity contribution in [3.63, 3.8) is 0 Å². The third-order valence-electron chi connectivity index (χ3n) is 2.67. The summed E-state index contributed by atoms with van der Waals surface area (Å²) in [6, 6.07) is 0. The number of halogens is 1. The van der Waals surface area contributed by atoms with Crippen LogP contribution < -0.4 is 5.32 Å². The van der Waals surface area contributed by atoms with E-state index in [2.05, 4.69) is 31.3 Å². The molecule has 0 spiro atoms. The topological polar surface area (TPSA) is 59.3 Å². The number of hydrogen-bond donors (Lipinski definition) is 1. The van der Waals surface area contributed by atoms with E-state index >= 15 is 0 Å². The van der Waals surface area contributed by atoms with E-state index in [0.29, 0.717) is 12.1 Å². The minimum absolute atomic E-state index is 0.0863. The number of fused-ring (bicyclic) bond motifs is 1. The van der Waals surface area contributed by atoms with Gasteiger partial charge in [-0.3, -0.25) is 9.78 Å². The zero-order chi connectivity index (χ0) is 12.8. The molecule has 18 heavy (non-hydrogen) atoms. The summed E-state index contributed by atoms with van der Waals surface area (Å²) >= 11 is 3.38. The Morgan fingerprint density at radius 2 is 2.22 bits per heavy atom. The normalized spacial score (nSPS) is 10.7. The third kappa shape index (κ3) is 3.07. The van der Waals surface area contributed by atoms with Crippen LogP contribution in [0.3, 0.4) is 0 Å². The van der Waals surface area contributed by atoms with Crippen molar-refractivity contribution in [2.45, 2.75) is 19.3 Å². The molecule has 0 fully saturated rings. The maximum absolute atomic E-state index is 12.0. The Kier molecular flexibility index (Phi) is 4.69. The van der Waals surface area contributed by atoms with Crippen LogP contribution in [0.5, 0.6) is 0 Å². The van der Waals surface area contributed by atoms with Crippen LogP contribution in [0.4, 0.5) is 0 Å². The minimum Gasteiger partial charge on any atom is -0.352 e. The highest BCUT2D eigenvalue weighted by atomic mass is 79.9. The number of rotatable bonds is 6. The summed E-state index contributed by atoms with van der Waals surface area (Å²) in [7, 11) is 0. The first-order valence-corrected chi connectivity index (χ1v) is 7.06. The number of alkyl halides is 1. The van der Waals surface area contributed by atoms with Crippen LogP contribution in [0, 0.1) is 0 Å². The molecular formula is C12H15BrN4O. The fourth-order valence-electron chi connectivity index (χ4n) is 1.70. The maximum atomic E-state index is 12.0. The number of aromatic nitrogens is 3. The van der Waals surface area contributed by atoms with Gasteiger partial charge in [0.1, 0.15) is 0 Å². The summed E-state index contributed by atoms with van der Waals surface area (Å²) in [6.07, 6.45) is 9.83. The molecule has 5 nitrogen and oxygen atoms in total. The van der Waals surface area contributed by atoms with Gasteiger partial charge in [0, 0.05) is 24.3 Å². The van der Waals surface area contributed by atoms with Crippen molar-refractivity contribution < 1.29 is 4.79 Å². The molecule has 96 valence electrons. The maximum Gasteiger partial charge on any atom is 0.255 e. The highest BCUT2D eigenvalue weighted by Gasteiger charge is 2.11. The lowest BCUT2D eigenvalue weighted by molar-refractivity contribution is 0.0954. The lowest BCUT2D eigenvalue weighted by Gasteiger charge is -2.03.